The largest absolute Gasteiger partial charge is 0.493 e. The molecule has 1 atom stereocenters. The number of piperazine rings is 1. The van der Waals surface area contributed by atoms with Crippen LogP contribution < -0.4 is 9.47 Å². The molecule has 2 aromatic carbocycles. The molecule has 0 saturated carbocycles. The van der Waals surface area contributed by atoms with Crippen molar-refractivity contribution in [2.75, 3.05) is 20.8 Å². The first-order valence-corrected chi connectivity index (χ1v) is 10.0. The second-order valence-corrected chi connectivity index (χ2v) is 7.62. The van der Waals surface area contributed by atoms with E-state index in [1.807, 2.05) is 30.3 Å². The van der Waals surface area contributed by atoms with E-state index >= 15 is 0 Å². The van der Waals surface area contributed by atoms with E-state index in [0.29, 0.717) is 24.5 Å². The molecule has 3 aromatic rings. The number of aromatic nitrogens is 1. The number of benzene rings is 2. The van der Waals surface area contributed by atoms with Crippen LogP contribution in [-0.2, 0) is 22.6 Å². The number of para-hydroxylation sites is 1. The summed E-state index contributed by atoms with van der Waals surface area (Å²) >= 11 is 0. The Morgan fingerprint density at radius 2 is 1.87 bits per heavy atom. The summed E-state index contributed by atoms with van der Waals surface area (Å²) in [6.45, 7) is 0.334. The van der Waals surface area contributed by atoms with Gasteiger partial charge >= 0.3 is 0 Å². The molecule has 0 radical (unpaired) electrons. The molecule has 0 bridgehead atoms. The van der Waals surface area contributed by atoms with Gasteiger partial charge in [0.2, 0.25) is 5.91 Å². The van der Waals surface area contributed by atoms with Crippen molar-refractivity contribution in [3.05, 3.63) is 59.3 Å². The van der Waals surface area contributed by atoms with Gasteiger partial charge in [0.05, 0.1) is 27.0 Å². The number of fused-ring (bicyclic) bond motifs is 4. The molecular formula is C23H22N4O4. The van der Waals surface area contributed by atoms with E-state index in [9.17, 15) is 9.59 Å². The van der Waals surface area contributed by atoms with Gasteiger partial charge in [-0.3, -0.25) is 9.59 Å². The Morgan fingerprint density at radius 1 is 1.06 bits per heavy atom. The van der Waals surface area contributed by atoms with Gasteiger partial charge in [0.15, 0.2) is 11.5 Å². The lowest BCUT2D eigenvalue weighted by Gasteiger charge is -2.40. The number of amides is 2. The van der Waals surface area contributed by atoms with Gasteiger partial charge in [-0.2, -0.15) is 5.10 Å². The lowest BCUT2D eigenvalue weighted by molar-refractivity contribution is -0.157. The Balaban J connectivity index is 1.41. The van der Waals surface area contributed by atoms with Gasteiger partial charge in [-0.1, -0.05) is 18.2 Å². The van der Waals surface area contributed by atoms with Crippen LogP contribution >= 0.6 is 0 Å². The second-order valence-electron chi connectivity index (χ2n) is 7.62. The van der Waals surface area contributed by atoms with Crippen LogP contribution in [-0.4, -0.2) is 59.7 Å². The summed E-state index contributed by atoms with van der Waals surface area (Å²) in [5.74, 6) is 0.889. The summed E-state index contributed by atoms with van der Waals surface area (Å²) in [4.78, 5) is 31.0. The zero-order valence-electron chi connectivity index (χ0n) is 17.3. The summed E-state index contributed by atoms with van der Waals surface area (Å²) in [5.41, 5.74) is 3.86. The maximum atomic E-state index is 13.2. The summed E-state index contributed by atoms with van der Waals surface area (Å²) in [6.07, 6.45) is 2.04. The number of nitrogens with zero attached hydrogens (tertiary/aromatic N) is 3. The summed E-state index contributed by atoms with van der Waals surface area (Å²) in [5, 5.41) is 6.68. The second kappa shape index (κ2) is 7.46. The van der Waals surface area contributed by atoms with Crippen molar-refractivity contribution >= 4 is 28.9 Å². The maximum Gasteiger partial charge on any atom is 0.266 e. The molecular weight excluding hydrogens is 396 g/mol. The highest BCUT2D eigenvalue weighted by molar-refractivity contribution is 5.97. The van der Waals surface area contributed by atoms with Crippen LogP contribution in [0.2, 0.25) is 0 Å². The van der Waals surface area contributed by atoms with Crippen LogP contribution in [0.25, 0.3) is 10.9 Å². The molecule has 1 saturated heterocycles. The number of aromatic amines is 1. The van der Waals surface area contributed by atoms with E-state index in [2.05, 4.69) is 10.1 Å². The number of ether oxygens (including phenoxy) is 2. The molecule has 2 amide bonds. The molecule has 1 fully saturated rings. The van der Waals surface area contributed by atoms with E-state index in [1.54, 1.807) is 37.5 Å². The number of methoxy groups -OCH3 is 2. The third kappa shape index (κ3) is 3.20. The summed E-state index contributed by atoms with van der Waals surface area (Å²) in [7, 11) is 3.13. The molecule has 3 heterocycles. The van der Waals surface area contributed by atoms with Gasteiger partial charge in [0, 0.05) is 23.0 Å². The van der Waals surface area contributed by atoms with Crippen LogP contribution in [0.3, 0.4) is 0 Å². The number of rotatable bonds is 4. The van der Waals surface area contributed by atoms with E-state index in [4.69, 9.17) is 9.47 Å². The maximum absolute atomic E-state index is 13.2. The average Bonchev–Trinajstić information content (AvgIpc) is 3.17. The minimum atomic E-state index is -0.546. The van der Waals surface area contributed by atoms with E-state index in [-0.39, 0.29) is 18.4 Å². The molecule has 2 aliphatic rings. The first kappa shape index (κ1) is 19.2. The van der Waals surface area contributed by atoms with Crippen molar-refractivity contribution in [1.82, 2.24) is 14.9 Å². The van der Waals surface area contributed by atoms with Crippen LogP contribution in [0.15, 0.2) is 47.6 Å². The van der Waals surface area contributed by atoms with Crippen molar-refractivity contribution in [3.63, 3.8) is 0 Å². The zero-order valence-corrected chi connectivity index (χ0v) is 17.3. The van der Waals surface area contributed by atoms with Crippen molar-refractivity contribution in [2.24, 2.45) is 5.10 Å². The number of nitrogens with one attached hydrogen (secondary N) is 1. The molecule has 158 valence electrons. The van der Waals surface area contributed by atoms with Crippen molar-refractivity contribution in [1.29, 1.82) is 0 Å². The van der Waals surface area contributed by atoms with E-state index in [0.717, 1.165) is 27.7 Å². The van der Waals surface area contributed by atoms with Gasteiger partial charge in [-0.05, 0) is 35.4 Å². The highest BCUT2D eigenvalue weighted by Crippen LogP contribution is 2.32. The standard InChI is InChI=1S/C23H22N4O4/c1-30-20-8-7-14(9-21(20)31-2)11-24-27-13-22(28)26-12-18-16(10-19(26)23(27)29)15-5-3-4-6-17(15)25-18/h3-9,11,19,25H,10,12-13H2,1-2H3/b24-11-/t19-/m1/s1. The molecule has 1 aromatic heterocycles. The minimum Gasteiger partial charge on any atom is -0.493 e. The lowest BCUT2D eigenvalue weighted by Crippen LogP contribution is -2.60. The van der Waals surface area contributed by atoms with Crippen molar-refractivity contribution in [2.45, 2.75) is 19.0 Å². The van der Waals surface area contributed by atoms with Gasteiger partial charge in [-0.25, -0.2) is 5.01 Å². The highest BCUT2D eigenvalue weighted by Gasteiger charge is 2.43. The van der Waals surface area contributed by atoms with Crippen LogP contribution in [0.4, 0.5) is 0 Å². The minimum absolute atomic E-state index is 0.0747. The van der Waals surface area contributed by atoms with Crippen LogP contribution in [0, 0.1) is 0 Å². The van der Waals surface area contributed by atoms with Gasteiger partial charge < -0.3 is 19.4 Å². The predicted octanol–water partition coefficient (Wildman–Crippen LogP) is 2.31. The first-order valence-electron chi connectivity index (χ1n) is 10.0. The SMILES string of the molecule is COc1ccc(/C=N\N2CC(=O)N3Cc4[nH]c5ccccc5c4C[C@@H]3C2=O)cc1OC. The van der Waals surface area contributed by atoms with Crippen molar-refractivity contribution in [3.8, 4) is 11.5 Å². The van der Waals surface area contributed by atoms with Crippen molar-refractivity contribution < 1.29 is 19.1 Å². The summed E-state index contributed by atoms with van der Waals surface area (Å²) < 4.78 is 10.5. The highest BCUT2D eigenvalue weighted by atomic mass is 16.5. The topological polar surface area (TPSA) is 87.2 Å². The Labute approximate surface area is 179 Å². The zero-order chi connectivity index (χ0) is 21.5. The quantitative estimate of drug-likeness (QED) is 0.659. The van der Waals surface area contributed by atoms with Gasteiger partial charge in [0.25, 0.3) is 5.91 Å². The number of hydrogen-bond donors (Lipinski definition) is 1. The fourth-order valence-electron chi connectivity index (χ4n) is 4.33. The fourth-order valence-corrected chi connectivity index (χ4v) is 4.33. The molecule has 2 aliphatic heterocycles. The Hall–Kier alpha value is -3.81. The number of hydrogen-bond acceptors (Lipinski definition) is 5. The number of carbonyl (C=O) groups excluding carboxylic acids is 2. The number of carbonyl (C=O) groups is 2. The fraction of sp³-hybridized carbons (Fsp3) is 0.261. The Bertz CT molecular complexity index is 1220. The monoisotopic (exact) mass is 418 g/mol. The molecule has 8 heteroatoms. The Morgan fingerprint density at radius 3 is 2.68 bits per heavy atom. The van der Waals surface area contributed by atoms with Gasteiger partial charge in [-0.15, -0.1) is 0 Å². The molecule has 0 spiro atoms. The molecule has 8 nitrogen and oxygen atoms in total. The van der Waals surface area contributed by atoms with E-state index < -0.39 is 6.04 Å². The molecule has 31 heavy (non-hydrogen) atoms. The summed E-state index contributed by atoms with van der Waals surface area (Å²) in [6, 6.07) is 12.8. The van der Waals surface area contributed by atoms with Crippen LogP contribution in [0.5, 0.6) is 11.5 Å². The smallest absolute Gasteiger partial charge is 0.266 e. The lowest BCUT2D eigenvalue weighted by atomic mass is 9.94. The third-order valence-electron chi connectivity index (χ3n) is 5.90. The molecule has 0 unspecified atom stereocenters. The molecule has 0 aliphatic carbocycles. The number of H-pyrrole nitrogens is 1. The third-order valence-corrected chi connectivity index (χ3v) is 5.90. The number of hydrazone groups is 1. The first-order chi connectivity index (χ1) is 15.1. The van der Waals surface area contributed by atoms with E-state index in [1.165, 1.54) is 5.01 Å². The predicted molar refractivity (Wildman–Crippen MR) is 115 cm³/mol. The normalized spacial score (nSPS) is 18.5. The van der Waals surface area contributed by atoms with Gasteiger partial charge in [0.1, 0.15) is 12.6 Å². The average molecular weight is 418 g/mol. The van der Waals surface area contributed by atoms with Crippen LogP contribution in [0.1, 0.15) is 16.8 Å². The molecule has 5 rings (SSSR count). The Kier molecular flexibility index (Phi) is 4.62. The molecule has 1 N–H and O–H groups in total.